The highest BCUT2D eigenvalue weighted by Gasteiger charge is 2.45. The highest BCUT2D eigenvalue weighted by molar-refractivity contribution is 5.78. The second kappa shape index (κ2) is 6.83. The first kappa shape index (κ1) is 17.2. The molecular formula is C21H26N4O. The van der Waals surface area contributed by atoms with Gasteiger partial charge in [0.15, 0.2) is 0 Å². The average molecular weight is 350 g/mol. The Balaban J connectivity index is 1.53. The molecule has 1 aliphatic heterocycles. The monoisotopic (exact) mass is 350 g/mol. The second-order valence-corrected chi connectivity index (χ2v) is 7.48. The number of likely N-dealkylation sites (tertiary alicyclic amines) is 1. The van der Waals surface area contributed by atoms with Crippen molar-refractivity contribution in [1.82, 2.24) is 20.0 Å². The molecule has 2 atom stereocenters. The molecule has 26 heavy (non-hydrogen) atoms. The van der Waals surface area contributed by atoms with Crippen molar-refractivity contribution in [3.8, 4) is 0 Å². The van der Waals surface area contributed by atoms with Crippen LogP contribution in [0.3, 0.4) is 0 Å². The van der Waals surface area contributed by atoms with E-state index in [1.54, 1.807) is 0 Å². The number of aromatic amines is 1. The van der Waals surface area contributed by atoms with Crippen LogP contribution in [0.5, 0.6) is 0 Å². The number of aliphatic hydroxyl groups excluding tert-OH is 1. The smallest absolute Gasteiger partial charge is 0.0892 e. The van der Waals surface area contributed by atoms with E-state index in [0.29, 0.717) is 6.54 Å². The van der Waals surface area contributed by atoms with E-state index < -0.39 is 6.10 Å². The predicted molar refractivity (Wildman–Crippen MR) is 104 cm³/mol. The number of piperidine rings is 1. The number of likely N-dealkylation sites (N-methyl/N-ethyl adjacent to an activating group) is 1. The van der Waals surface area contributed by atoms with Crippen molar-refractivity contribution in [3.05, 3.63) is 65.9 Å². The molecule has 4 rings (SSSR count). The summed E-state index contributed by atoms with van der Waals surface area (Å²) in [4.78, 5) is 4.52. The Kier molecular flexibility index (Phi) is 4.53. The molecule has 0 aliphatic carbocycles. The minimum Gasteiger partial charge on any atom is -0.389 e. The van der Waals surface area contributed by atoms with Crippen LogP contribution in [0.25, 0.3) is 10.9 Å². The van der Waals surface area contributed by atoms with Gasteiger partial charge in [-0.1, -0.05) is 42.5 Å². The van der Waals surface area contributed by atoms with Crippen molar-refractivity contribution >= 4 is 10.9 Å². The molecule has 0 spiro atoms. The van der Waals surface area contributed by atoms with Crippen molar-refractivity contribution in [1.29, 1.82) is 0 Å². The second-order valence-electron chi connectivity index (χ2n) is 7.48. The maximum atomic E-state index is 11.1. The van der Waals surface area contributed by atoms with Gasteiger partial charge in [0.05, 0.1) is 23.4 Å². The van der Waals surface area contributed by atoms with E-state index in [1.165, 1.54) is 11.1 Å². The summed E-state index contributed by atoms with van der Waals surface area (Å²) in [5, 5.41) is 19.4. The lowest BCUT2D eigenvalue weighted by Gasteiger charge is -2.50. The highest BCUT2D eigenvalue weighted by Crippen LogP contribution is 2.38. The van der Waals surface area contributed by atoms with E-state index in [1.807, 2.05) is 12.3 Å². The lowest BCUT2D eigenvalue weighted by molar-refractivity contribution is -0.0702. The van der Waals surface area contributed by atoms with Crippen LogP contribution in [0.4, 0.5) is 0 Å². The van der Waals surface area contributed by atoms with Crippen LogP contribution in [0, 0.1) is 0 Å². The van der Waals surface area contributed by atoms with Gasteiger partial charge in [-0.25, -0.2) is 0 Å². The predicted octanol–water partition coefficient (Wildman–Crippen LogP) is 2.59. The van der Waals surface area contributed by atoms with E-state index in [4.69, 9.17) is 0 Å². The fourth-order valence-electron chi connectivity index (χ4n) is 4.31. The molecule has 2 N–H and O–H groups in total. The third-order valence-corrected chi connectivity index (χ3v) is 5.78. The van der Waals surface area contributed by atoms with Gasteiger partial charge >= 0.3 is 0 Å². The number of H-pyrrole nitrogens is 1. The van der Waals surface area contributed by atoms with Crippen LogP contribution >= 0.6 is 0 Å². The number of aliphatic hydroxyl groups is 1. The number of aromatic nitrogens is 2. The first-order valence-corrected chi connectivity index (χ1v) is 9.15. The van der Waals surface area contributed by atoms with Crippen LogP contribution < -0.4 is 0 Å². The Bertz CT molecular complexity index is 876. The molecule has 136 valence electrons. The fraction of sp³-hybridized carbons (Fsp3) is 0.381. The zero-order valence-electron chi connectivity index (χ0n) is 15.4. The van der Waals surface area contributed by atoms with Crippen molar-refractivity contribution in [2.24, 2.45) is 0 Å². The zero-order chi connectivity index (χ0) is 18.1. The maximum Gasteiger partial charge on any atom is 0.0892 e. The van der Waals surface area contributed by atoms with Gasteiger partial charge in [-0.2, -0.15) is 5.10 Å². The minimum absolute atomic E-state index is 0.328. The molecule has 2 heterocycles. The van der Waals surface area contributed by atoms with Crippen LogP contribution in [-0.2, 0) is 12.1 Å². The average Bonchev–Trinajstić information content (AvgIpc) is 3.10. The van der Waals surface area contributed by atoms with Gasteiger partial charge in [0.1, 0.15) is 0 Å². The Morgan fingerprint density at radius 3 is 2.77 bits per heavy atom. The first-order chi connectivity index (χ1) is 12.6. The zero-order valence-corrected chi connectivity index (χ0v) is 15.4. The molecule has 0 bridgehead atoms. The van der Waals surface area contributed by atoms with Crippen LogP contribution in [-0.4, -0.2) is 58.4 Å². The molecule has 3 aromatic rings. The van der Waals surface area contributed by atoms with Crippen molar-refractivity contribution in [2.45, 2.75) is 24.6 Å². The Hall–Kier alpha value is -2.21. The van der Waals surface area contributed by atoms with Crippen LogP contribution in [0.1, 0.15) is 17.5 Å². The molecule has 0 saturated carbocycles. The van der Waals surface area contributed by atoms with Crippen LogP contribution in [0.2, 0.25) is 0 Å². The Labute approximate surface area is 154 Å². The van der Waals surface area contributed by atoms with Crippen molar-refractivity contribution in [3.63, 3.8) is 0 Å². The molecule has 1 aliphatic rings. The summed E-state index contributed by atoms with van der Waals surface area (Å²) in [5.41, 5.74) is 3.17. The van der Waals surface area contributed by atoms with E-state index >= 15 is 0 Å². The molecule has 1 fully saturated rings. The van der Waals surface area contributed by atoms with Crippen molar-refractivity contribution in [2.75, 3.05) is 27.2 Å². The number of nitrogens with zero attached hydrogens (tertiary/aromatic N) is 3. The molecular weight excluding hydrogens is 324 g/mol. The van der Waals surface area contributed by atoms with E-state index in [9.17, 15) is 5.11 Å². The molecule has 0 radical (unpaired) electrons. The van der Waals surface area contributed by atoms with E-state index in [0.717, 1.165) is 30.4 Å². The maximum absolute atomic E-state index is 11.1. The SMILES string of the molecule is CN(C)[C@]1(c2ccccc2)CCN(Cc2ccc3cn[nH]c3c2)C[C@H]1O. The van der Waals surface area contributed by atoms with Crippen molar-refractivity contribution < 1.29 is 5.11 Å². The highest BCUT2D eigenvalue weighted by atomic mass is 16.3. The number of hydrogen-bond donors (Lipinski definition) is 2. The van der Waals surface area contributed by atoms with Gasteiger partial charge in [-0.3, -0.25) is 14.9 Å². The Morgan fingerprint density at radius 2 is 2.04 bits per heavy atom. The summed E-state index contributed by atoms with van der Waals surface area (Å²) >= 11 is 0. The third-order valence-electron chi connectivity index (χ3n) is 5.78. The van der Waals surface area contributed by atoms with Gasteiger partial charge in [-0.15, -0.1) is 0 Å². The Morgan fingerprint density at radius 1 is 1.23 bits per heavy atom. The normalized spacial score (nSPS) is 24.4. The van der Waals surface area contributed by atoms with Crippen LogP contribution in [0.15, 0.2) is 54.7 Å². The quantitative estimate of drug-likeness (QED) is 0.759. The fourth-order valence-corrected chi connectivity index (χ4v) is 4.31. The lowest BCUT2D eigenvalue weighted by Crippen LogP contribution is -2.59. The molecule has 5 heteroatoms. The number of benzene rings is 2. The van der Waals surface area contributed by atoms with Gasteiger partial charge in [0, 0.05) is 25.0 Å². The van der Waals surface area contributed by atoms with Gasteiger partial charge in [-0.05, 0) is 37.7 Å². The molecule has 5 nitrogen and oxygen atoms in total. The first-order valence-electron chi connectivity index (χ1n) is 9.15. The largest absolute Gasteiger partial charge is 0.389 e. The number of nitrogens with one attached hydrogen (secondary N) is 1. The minimum atomic E-state index is -0.440. The van der Waals surface area contributed by atoms with E-state index in [-0.39, 0.29) is 5.54 Å². The van der Waals surface area contributed by atoms with E-state index in [2.05, 4.69) is 76.6 Å². The standard InChI is InChI=1S/C21H26N4O/c1-24(2)21(18-6-4-3-5-7-18)10-11-25(15-20(21)26)14-16-8-9-17-13-22-23-19(17)12-16/h3-9,12-13,20,26H,10-11,14-15H2,1-2H3,(H,22,23)/t20-,21+/m1/s1. The summed E-state index contributed by atoms with van der Waals surface area (Å²) in [6.07, 6.45) is 2.30. The summed E-state index contributed by atoms with van der Waals surface area (Å²) < 4.78 is 0. The molecule has 0 unspecified atom stereocenters. The number of rotatable bonds is 4. The summed E-state index contributed by atoms with van der Waals surface area (Å²) in [5.74, 6) is 0. The molecule has 2 aromatic carbocycles. The van der Waals surface area contributed by atoms with Gasteiger partial charge in [0.2, 0.25) is 0 Å². The number of fused-ring (bicyclic) bond motifs is 1. The number of hydrogen-bond acceptors (Lipinski definition) is 4. The van der Waals surface area contributed by atoms with Gasteiger partial charge in [0.25, 0.3) is 0 Å². The van der Waals surface area contributed by atoms with Gasteiger partial charge < -0.3 is 5.11 Å². The topological polar surface area (TPSA) is 55.4 Å². The summed E-state index contributed by atoms with van der Waals surface area (Å²) in [6.45, 7) is 2.45. The summed E-state index contributed by atoms with van der Waals surface area (Å²) in [6, 6.07) is 16.8. The third kappa shape index (κ3) is 2.92. The molecule has 1 aromatic heterocycles. The molecule has 0 amide bonds. The summed E-state index contributed by atoms with van der Waals surface area (Å²) in [7, 11) is 4.14. The number of β-amino-alcohol motifs (C(OH)–C–C–N with tert-alkyl or cyclic N) is 1. The molecule has 1 saturated heterocycles. The lowest BCUT2D eigenvalue weighted by atomic mass is 9.77.